The first-order chi connectivity index (χ1) is 50.0. The van der Waals surface area contributed by atoms with Crippen molar-refractivity contribution in [1.82, 2.24) is 0 Å². The smallest absolute Gasteiger partial charge is 0.308 e. The topological polar surface area (TPSA) is 450 Å². The normalized spacial score (nSPS) is 33.9. The molecule has 5 rings (SSSR count). The van der Waals surface area contributed by atoms with E-state index in [9.17, 15) is 91.3 Å². The second-order valence-corrected chi connectivity index (χ2v) is 30.6. The Balaban J connectivity index is 1.02. The molecule has 0 radical (unpaired) electrons. The molecule has 26 atom stereocenters. The first-order valence-corrected chi connectivity index (χ1v) is 40.3. The Labute approximate surface area is 617 Å². The van der Waals surface area contributed by atoms with Crippen molar-refractivity contribution >= 4 is 11.9 Å². The summed E-state index contributed by atoms with van der Waals surface area (Å²) in [6.45, 7) is 1.43. The van der Waals surface area contributed by atoms with Gasteiger partial charge in [0, 0.05) is 0 Å². The maximum absolute atomic E-state index is 13.6. The number of unbranched alkanes of at least 4 members (excludes halogenated alkanes) is 28. The minimum atomic E-state index is -1.77. The van der Waals surface area contributed by atoms with Gasteiger partial charge < -0.3 is 129 Å². The van der Waals surface area contributed by atoms with E-state index in [-0.39, 0.29) is 37.3 Å². The number of hydrogen-bond donors (Lipinski definition) is 16. The first kappa shape index (κ1) is 92.6. The molecule has 5 aliphatic heterocycles. The lowest BCUT2D eigenvalue weighted by Crippen LogP contribution is -2.60. The highest BCUT2D eigenvalue weighted by atomic mass is 16.7. The van der Waals surface area contributed by atoms with Crippen LogP contribution < -0.4 is 0 Å². The summed E-state index contributed by atoms with van der Waals surface area (Å²) in [4.78, 5) is 27.2. The lowest BCUT2D eigenvalue weighted by molar-refractivity contribution is -0.316. The second-order valence-electron chi connectivity index (χ2n) is 30.6. The van der Waals surface area contributed by atoms with E-state index < -0.39 is 173 Å². The molecule has 6 unspecified atom stereocenters. The minimum absolute atomic E-state index is 0.229. The molecular formula is C76H140O28. The Bertz CT molecular complexity index is 2170. The molecule has 0 spiro atoms. The van der Waals surface area contributed by atoms with Gasteiger partial charge in [-0.1, -0.05) is 205 Å². The zero-order valence-corrected chi connectivity index (χ0v) is 62.6. The minimum Gasteiger partial charge on any atom is -0.463 e. The number of hydrogen-bond acceptors (Lipinski definition) is 28. The van der Waals surface area contributed by atoms with Gasteiger partial charge in [0.2, 0.25) is 0 Å². The fraction of sp³-hybridized carbons (Fsp3) is 0.974. The molecule has 5 aliphatic rings. The van der Waals surface area contributed by atoms with Gasteiger partial charge in [0.1, 0.15) is 111 Å². The molecule has 0 aliphatic carbocycles. The van der Waals surface area contributed by atoms with Crippen LogP contribution in [0.4, 0.5) is 0 Å². The average molecular weight is 1500 g/mol. The van der Waals surface area contributed by atoms with Crippen LogP contribution in [0.1, 0.15) is 284 Å². The average Bonchev–Trinajstić information content (AvgIpc) is 0.832. The van der Waals surface area contributed by atoms with Gasteiger partial charge in [0.15, 0.2) is 25.2 Å². The van der Waals surface area contributed by atoms with Gasteiger partial charge >= 0.3 is 11.9 Å². The number of cyclic esters (lactones) is 2. The van der Waals surface area contributed by atoms with Crippen LogP contribution in [-0.4, -0.2) is 280 Å². The van der Waals surface area contributed by atoms with E-state index in [0.29, 0.717) is 38.5 Å². The summed E-state index contributed by atoms with van der Waals surface area (Å²) < 4.78 is 59.2. The molecule has 0 aromatic heterocycles. The van der Waals surface area contributed by atoms with Crippen molar-refractivity contribution in [3.05, 3.63) is 0 Å². The van der Waals surface area contributed by atoms with Gasteiger partial charge in [0.25, 0.3) is 0 Å². The molecule has 28 nitrogen and oxygen atoms in total. The molecule has 28 heteroatoms. The summed E-state index contributed by atoms with van der Waals surface area (Å²) in [7, 11) is 0. The maximum atomic E-state index is 13.6. The molecule has 16 N–H and O–H groups in total. The quantitative estimate of drug-likeness (QED) is 0.0282. The lowest BCUT2D eigenvalue weighted by Gasteiger charge is -2.42. The monoisotopic (exact) mass is 1500 g/mol. The summed E-state index contributed by atoms with van der Waals surface area (Å²) in [6, 6.07) is 0. The summed E-state index contributed by atoms with van der Waals surface area (Å²) in [5, 5.41) is 167. The third kappa shape index (κ3) is 34.7. The molecule has 0 aromatic rings. The van der Waals surface area contributed by atoms with E-state index in [1.54, 1.807) is 6.92 Å². The molecule has 5 fully saturated rings. The fourth-order valence-corrected chi connectivity index (χ4v) is 14.6. The summed E-state index contributed by atoms with van der Waals surface area (Å²) >= 11 is 0. The Kier molecular flexibility index (Phi) is 47.2. The Hall–Kier alpha value is -2.02. The van der Waals surface area contributed by atoms with Crippen molar-refractivity contribution in [1.29, 1.82) is 0 Å². The molecule has 0 aromatic carbocycles. The van der Waals surface area contributed by atoms with Crippen molar-refractivity contribution in [2.75, 3.05) is 26.4 Å². The van der Waals surface area contributed by atoms with E-state index in [2.05, 4.69) is 0 Å². The highest BCUT2D eigenvalue weighted by molar-refractivity contribution is 5.70. The van der Waals surface area contributed by atoms with Crippen LogP contribution in [0, 0.1) is 0 Å². The zero-order chi connectivity index (χ0) is 75.8. The fourth-order valence-electron chi connectivity index (χ4n) is 14.6. The van der Waals surface area contributed by atoms with Gasteiger partial charge in [-0.25, -0.2) is 0 Å². The third-order valence-electron chi connectivity index (χ3n) is 21.3. The summed E-state index contributed by atoms with van der Waals surface area (Å²) in [5.41, 5.74) is 0. The standard InChI is InChI=1S/C76H140O28/c1-49(79)35-27-19-12-11-17-23-31-39-51(97-73-69(91)65(87)61(83)55(45-77)101-73)37-29-21-13-7-4-3-5-8-15-24-33-41-53-43-59(81)95-47-58-64(86)68(90)72(94)76(104-58)100-54(44-60(82)96-48-57-63(85)67(89)71(93)75(99-53)103-57)42-34-25-16-10-6-9-14-22-30-38-52(40-32-26-18-20-28-36-50(2)80)98-74-70(92)66(88)62(84)56(46-78)102-74/h49-58,61-80,83-94H,3-48H2,1-2H3/t49?,50?,51?,52?,53?,54?,55-,56-,57+,58-,61-,62-,63+,64-,65+,66+,67-,68+,69-,70-,71+,72-,73-,74-,75+,76-/m1/s1. The van der Waals surface area contributed by atoms with Crippen molar-refractivity contribution in [2.24, 2.45) is 0 Å². The number of carbonyl (C=O) groups excluding carboxylic acids is 2. The molecule has 612 valence electrons. The number of aliphatic hydroxyl groups excluding tert-OH is 16. The largest absolute Gasteiger partial charge is 0.463 e. The number of rotatable bonds is 50. The summed E-state index contributed by atoms with van der Waals surface area (Å²) in [6.07, 6.45) is 2.38. The zero-order valence-electron chi connectivity index (χ0n) is 62.6. The molecule has 5 heterocycles. The SMILES string of the molecule is CC(O)CCCCCCCCCC(CCCCCCCCCCCCCC1CC(=O)OC[C@H]2O[C@@H](OC(CCCCCCCCCCCC(CCCCCCCC(C)O)O[C@@H]3O[C@H](CO)[C@@H](O)[C@H](O)[C@H]3O)CC(=O)OC[C@@H]3O[C@H](O1)[C@@H](O)[C@H](O)[C@H]3O)[C@H](O)[C@@H](O)[C@@H]2O)O[C@@H]1O[C@H](CO)[C@@H](O)[C@H](O)[C@H]1O. The van der Waals surface area contributed by atoms with Crippen LogP contribution in [0.15, 0.2) is 0 Å². The van der Waals surface area contributed by atoms with Gasteiger partial charge in [-0.3, -0.25) is 9.59 Å². The highest BCUT2D eigenvalue weighted by Crippen LogP contribution is 2.33. The molecular weight excluding hydrogens is 1360 g/mol. The Morgan fingerprint density at radius 2 is 0.577 bits per heavy atom. The van der Waals surface area contributed by atoms with Crippen molar-refractivity contribution in [3.8, 4) is 0 Å². The van der Waals surface area contributed by atoms with Crippen molar-refractivity contribution < 1.29 is 139 Å². The number of ether oxygens (including phenoxy) is 10. The first-order valence-electron chi connectivity index (χ1n) is 40.3. The molecule has 0 amide bonds. The Morgan fingerprint density at radius 1 is 0.317 bits per heavy atom. The van der Waals surface area contributed by atoms with Gasteiger partial charge in [-0.2, -0.15) is 0 Å². The van der Waals surface area contributed by atoms with Crippen LogP contribution in [0.25, 0.3) is 0 Å². The predicted octanol–water partition coefficient (Wildman–Crippen LogP) is 4.99. The molecule has 0 saturated carbocycles. The second kappa shape index (κ2) is 53.0. The number of fused-ring (bicyclic) bond motifs is 4. The summed E-state index contributed by atoms with van der Waals surface area (Å²) in [5.74, 6) is -1.55. The molecule has 5 saturated heterocycles. The van der Waals surface area contributed by atoms with E-state index in [4.69, 9.17) is 47.4 Å². The predicted molar refractivity (Wildman–Crippen MR) is 380 cm³/mol. The van der Waals surface area contributed by atoms with E-state index >= 15 is 0 Å². The van der Waals surface area contributed by atoms with Crippen LogP contribution in [-0.2, 0) is 57.0 Å². The van der Waals surface area contributed by atoms with E-state index in [1.807, 2.05) is 6.92 Å². The number of esters is 2. The van der Waals surface area contributed by atoms with Crippen molar-refractivity contribution in [2.45, 2.75) is 443 Å². The maximum Gasteiger partial charge on any atom is 0.308 e. The third-order valence-corrected chi connectivity index (χ3v) is 21.3. The number of aliphatic hydroxyl groups is 16. The number of carbonyl (C=O) groups is 2. The van der Waals surface area contributed by atoms with Crippen molar-refractivity contribution in [3.63, 3.8) is 0 Å². The van der Waals surface area contributed by atoms with E-state index in [0.717, 1.165) is 218 Å². The lowest BCUT2D eigenvalue weighted by atomic mass is 9.98. The van der Waals surface area contributed by atoms with E-state index in [1.165, 1.54) is 0 Å². The van der Waals surface area contributed by atoms with Crippen LogP contribution in [0.5, 0.6) is 0 Å². The Morgan fingerprint density at radius 3 is 0.856 bits per heavy atom. The van der Waals surface area contributed by atoms with Gasteiger partial charge in [-0.15, -0.1) is 0 Å². The highest BCUT2D eigenvalue weighted by Gasteiger charge is 2.50. The molecule has 104 heavy (non-hydrogen) atoms. The van der Waals surface area contributed by atoms with Crippen LogP contribution in [0.3, 0.4) is 0 Å². The van der Waals surface area contributed by atoms with Gasteiger partial charge in [-0.05, 0) is 65.2 Å². The molecule has 4 bridgehead atoms. The van der Waals surface area contributed by atoms with Gasteiger partial charge in [0.05, 0.1) is 62.7 Å². The van der Waals surface area contributed by atoms with Crippen LogP contribution in [0.2, 0.25) is 0 Å². The van der Waals surface area contributed by atoms with Crippen LogP contribution >= 0.6 is 0 Å².